The summed E-state index contributed by atoms with van der Waals surface area (Å²) in [5.74, 6) is -1.35. The van der Waals surface area contributed by atoms with E-state index in [1.807, 2.05) is 54.3 Å². The van der Waals surface area contributed by atoms with Crippen molar-refractivity contribution in [1.82, 2.24) is 10.2 Å². The molecule has 1 heterocycles. The molecule has 2 saturated carbocycles. The molecule has 0 bridgehead atoms. The van der Waals surface area contributed by atoms with Gasteiger partial charge >= 0.3 is 6.09 Å². The highest BCUT2D eigenvalue weighted by Gasteiger charge is 2.65. The number of rotatable bonds is 22. The lowest BCUT2D eigenvalue weighted by molar-refractivity contribution is -0.384. The highest BCUT2D eigenvalue weighted by Crippen LogP contribution is 2.62. The Hall–Kier alpha value is -5.57. The number of nitrogens with zero attached hydrogens (tertiary/aromatic N) is 3. The fourth-order valence-electron chi connectivity index (χ4n) is 9.75. The van der Waals surface area contributed by atoms with Gasteiger partial charge in [-0.05, 0) is 104 Å². The number of nitro groups is 1. The van der Waals surface area contributed by atoms with Crippen LogP contribution < -0.4 is 14.8 Å². The molecule has 3 aromatic carbocycles. The SMILES string of the molecule is C=CCOC12Oc3ccc(OC(=O)NCc4ccccc4)cc3C3C(CCCCO)C(CCCCO)C=C(C(=NOCc4ccc([N+](=O)[O-])cc4)CC1N(CCC)C(=O)C1CC1)C32. The predicted octanol–water partition coefficient (Wildman–Crippen LogP) is 8.37. The largest absolute Gasteiger partial charge is 0.459 e. The molecule has 6 unspecified atom stereocenters. The number of hydrogen-bond acceptors (Lipinski definition) is 11. The minimum absolute atomic E-state index is 0.00422. The molecule has 63 heavy (non-hydrogen) atoms. The van der Waals surface area contributed by atoms with E-state index in [1.165, 1.54) is 12.1 Å². The molecular weight excluding hydrogens is 805 g/mol. The van der Waals surface area contributed by atoms with Gasteiger partial charge < -0.3 is 39.5 Å². The molecule has 0 spiro atoms. The number of allylic oxidation sites excluding steroid dienone is 1. The van der Waals surface area contributed by atoms with Crippen LogP contribution >= 0.6 is 0 Å². The molecule has 0 saturated heterocycles. The summed E-state index contributed by atoms with van der Waals surface area (Å²) < 4.78 is 20.3. The molecule has 2 fully saturated rings. The number of amides is 2. The molecule has 7 rings (SSSR count). The normalized spacial score (nSPS) is 24.0. The molecular formula is C49H60N4O10. The first-order chi connectivity index (χ1) is 30.7. The number of benzene rings is 3. The summed E-state index contributed by atoms with van der Waals surface area (Å²) >= 11 is 0. The second-order valence-electron chi connectivity index (χ2n) is 17.0. The summed E-state index contributed by atoms with van der Waals surface area (Å²) in [5, 5.41) is 38.9. The van der Waals surface area contributed by atoms with E-state index >= 15 is 0 Å². The Morgan fingerprint density at radius 3 is 2.44 bits per heavy atom. The van der Waals surface area contributed by atoms with Crippen LogP contribution in [0.1, 0.15) is 93.7 Å². The highest BCUT2D eigenvalue weighted by atomic mass is 16.7. The number of fused-ring (bicyclic) bond motifs is 2. The van der Waals surface area contributed by atoms with E-state index in [9.17, 15) is 29.9 Å². The van der Waals surface area contributed by atoms with Gasteiger partial charge in [-0.1, -0.05) is 67.4 Å². The standard InChI is InChI=1S/C49H60N4O10/c1-3-24-52(47(56)35-18-19-35)44-30-42(51-61-32-34-16-20-37(21-17-34)53(58)59)40-28-36(14-8-10-25-54)39(15-9-11-26-55)45-41-29-38(62-48(57)50-31-33-12-6-5-7-13-33)22-23-43(41)63-49(44,46(40)45)60-27-4-2/h4-7,12-13,16-17,20-23,28-29,35-36,39,44-46,54-55H,2-3,8-11,14-15,18-19,24-27,30-32H2,1H3,(H,50,57). The van der Waals surface area contributed by atoms with Crippen LogP contribution in [0.3, 0.4) is 0 Å². The number of aliphatic hydroxyl groups excluding tert-OH is 2. The van der Waals surface area contributed by atoms with Crippen molar-refractivity contribution in [2.45, 2.75) is 102 Å². The zero-order chi connectivity index (χ0) is 44.3. The monoisotopic (exact) mass is 864 g/mol. The van der Waals surface area contributed by atoms with Gasteiger partial charge in [0.05, 0.1) is 23.2 Å². The van der Waals surface area contributed by atoms with E-state index in [1.54, 1.807) is 24.3 Å². The third-order valence-corrected chi connectivity index (χ3v) is 12.7. The first-order valence-electron chi connectivity index (χ1n) is 22.4. The second-order valence-corrected chi connectivity index (χ2v) is 17.0. The number of nitro benzene ring substituents is 1. The van der Waals surface area contributed by atoms with Crippen LogP contribution in [0.25, 0.3) is 0 Å². The molecule has 6 atom stereocenters. The van der Waals surface area contributed by atoms with Crippen molar-refractivity contribution in [1.29, 1.82) is 0 Å². The molecule has 0 aromatic heterocycles. The van der Waals surface area contributed by atoms with Crippen LogP contribution in [0.2, 0.25) is 0 Å². The fraction of sp³-hybridized carbons (Fsp3) is 0.490. The zero-order valence-electron chi connectivity index (χ0n) is 36.1. The van der Waals surface area contributed by atoms with Gasteiger partial charge in [-0.2, -0.15) is 0 Å². The zero-order valence-corrected chi connectivity index (χ0v) is 36.1. The third-order valence-electron chi connectivity index (χ3n) is 12.7. The minimum atomic E-state index is -1.39. The molecule has 2 amide bonds. The first-order valence-corrected chi connectivity index (χ1v) is 22.4. The van der Waals surface area contributed by atoms with Gasteiger partial charge in [-0.25, -0.2) is 4.79 Å². The maximum atomic E-state index is 14.4. The molecule has 3 aromatic rings. The Kier molecular flexibility index (Phi) is 15.3. The Bertz CT molecular complexity index is 2120. The van der Waals surface area contributed by atoms with Crippen LogP contribution in [-0.2, 0) is 27.5 Å². The van der Waals surface area contributed by atoms with E-state index in [2.05, 4.69) is 18.0 Å². The van der Waals surface area contributed by atoms with Crippen LogP contribution in [-0.4, -0.2) is 75.9 Å². The van der Waals surface area contributed by atoms with Crippen molar-refractivity contribution in [2.75, 3.05) is 26.4 Å². The molecule has 336 valence electrons. The summed E-state index contributed by atoms with van der Waals surface area (Å²) in [6.45, 7) is 7.14. The molecule has 0 radical (unpaired) electrons. The summed E-state index contributed by atoms with van der Waals surface area (Å²) in [6, 6.07) is 20.5. The summed E-state index contributed by atoms with van der Waals surface area (Å²) in [6.07, 6.45) is 10.3. The summed E-state index contributed by atoms with van der Waals surface area (Å²) in [4.78, 5) is 46.7. The van der Waals surface area contributed by atoms with E-state index in [0.29, 0.717) is 55.1 Å². The Balaban J connectivity index is 1.36. The lowest BCUT2D eigenvalue weighted by Gasteiger charge is -2.60. The second kappa shape index (κ2) is 21.2. The molecule has 1 aliphatic heterocycles. The van der Waals surface area contributed by atoms with Gasteiger partial charge in [-0.15, -0.1) is 6.58 Å². The lowest BCUT2D eigenvalue weighted by Crippen LogP contribution is -2.70. The number of nitrogens with one attached hydrogen (secondary N) is 1. The van der Waals surface area contributed by atoms with Gasteiger partial charge in [0.1, 0.15) is 24.1 Å². The Morgan fingerprint density at radius 1 is 1.02 bits per heavy atom. The van der Waals surface area contributed by atoms with Crippen LogP contribution in [0, 0.1) is 33.8 Å². The maximum absolute atomic E-state index is 14.4. The number of carbonyl (C=O) groups is 2. The Labute approximate surface area is 369 Å². The van der Waals surface area contributed by atoms with Crippen molar-refractivity contribution in [3.8, 4) is 11.5 Å². The fourth-order valence-corrected chi connectivity index (χ4v) is 9.75. The van der Waals surface area contributed by atoms with Crippen LogP contribution in [0.5, 0.6) is 11.5 Å². The van der Waals surface area contributed by atoms with Crippen LogP contribution in [0.4, 0.5) is 10.5 Å². The lowest BCUT2D eigenvalue weighted by atomic mass is 9.55. The number of aliphatic hydroxyl groups is 2. The number of carbonyl (C=O) groups excluding carboxylic acids is 2. The van der Waals surface area contributed by atoms with Gasteiger partial charge in [0, 0.05) is 62.3 Å². The quantitative estimate of drug-likeness (QED) is 0.0384. The minimum Gasteiger partial charge on any atom is -0.459 e. The predicted molar refractivity (Wildman–Crippen MR) is 237 cm³/mol. The van der Waals surface area contributed by atoms with Crippen molar-refractivity contribution >= 4 is 23.4 Å². The van der Waals surface area contributed by atoms with Crippen molar-refractivity contribution in [3.05, 3.63) is 124 Å². The highest BCUT2D eigenvalue weighted by molar-refractivity contribution is 6.03. The number of unbranched alkanes of at least 4 members (excludes halogenated alkanes) is 2. The topological polar surface area (TPSA) is 182 Å². The molecule has 3 aliphatic carbocycles. The van der Waals surface area contributed by atoms with Crippen LogP contribution in [0.15, 0.2) is 102 Å². The van der Waals surface area contributed by atoms with E-state index < -0.39 is 28.8 Å². The average molecular weight is 865 g/mol. The summed E-state index contributed by atoms with van der Waals surface area (Å²) in [7, 11) is 0. The number of non-ortho nitro benzene ring substituents is 1. The van der Waals surface area contributed by atoms with E-state index in [-0.39, 0.29) is 68.1 Å². The summed E-state index contributed by atoms with van der Waals surface area (Å²) in [5.41, 5.74) is 3.98. The van der Waals surface area contributed by atoms with Crippen molar-refractivity contribution < 1.29 is 43.8 Å². The van der Waals surface area contributed by atoms with Crippen molar-refractivity contribution in [3.63, 3.8) is 0 Å². The maximum Gasteiger partial charge on any atom is 0.412 e. The van der Waals surface area contributed by atoms with Crippen molar-refractivity contribution in [2.24, 2.45) is 28.8 Å². The average Bonchev–Trinajstić information content (AvgIpc) is 4.15. The number of ether oxygens (including phenoxy) is 3. The van der Waals surface area contributed by atoms with Gasteiger partial charge in [0.15, 0.2) is 0 Å². The molecule has 14 nitrogen and oxygen atoms in total. The van der Waals surface area contributed by atoms with Gasteiger partial charge in [0.25, 0.3) is 5.69 Å². The number of oxime groups is 1. The van der Waals surface area contributed by atoms with Gasteiger partial charge in [-0.3, -0.25) is 14.9 Å². The first kappa shape index (κ1) is 45.5. The van der Waals surface area contributed by atoms with Gasteiger partial charge in [0.2, 0.25) is 11.7 Å². The molecule has 3 N–H and O–H groups in total. The third kappa shape index (κ3) is 10.5. The molecule has 14 heteroatoms. The van der Waals surface area contributed by atoms with E-state index in [0.717, 1.165) is 55.2 Å². The smallest absolute Gasteiger partial charge is 0.412 e. The molecule has 4 aliphatic rings. The Morgan fingerprint density at radius 2 is 1.76 bits per heavy atom. The number of hydrogen-bond donors (Lipinski definition) is 3. The van der Waals surface area contributed by atoms with E-state index in [4.69, 9.17) is 24.2 Å².